The van der Waals surface area contributed by atoms with Crippen LogP contribution in [0, 0.1) is 5.92 Å². The molecule has 2 unspecified atom stereocenters. The molecule has 0 aliphatic rings. The fraction of sp³-hybridized carbons (Fsp3) is 0.818. The molecule has 0 aromatic carbocycles. The molecule has 2 atom stereocenters. The van der Waals surface area contributed by atoms with Gasteiger partial charge in [-0.25, -0.2) is 0 Å². The van der Waals surface area contributed by atoms with E-state index >= 15 is 0 Å². The largest absolute Gasteiger partial charge is 0.308 e. The van der Waals surface area contributed by atoms with Crippen molar-refractivity contribution in [1.29, 1.82) is 0 Å². The van der Waals surface area contributed by atoms with Crippen LogP contribution in [0.25, 0.3) is 0 Å². The van der Waals surface area contributed by atoms with Crippen LogP contribution in [0.3, 0.4) is 0 Å². The van der Waals surface area contributed by atoms with Crippen molar-refractivity contribution in [3.63, 3.8) is 0 Å². The lowest BCUT2D eigenvalue weighted by molar-refractivity contribution is 0.359. The Labute approximate surface area is 92.1 Å². The zero-order valence-corrected chi connectivity index (χ0v) is 10.2. The van der Waals surface area contributed by atoms with Gasteiger partial charge in [0.15, 0.2) is 0 Å². The van der Waals surface area contributed by atoms with Crippen molar-refractivity contribution in [2.45, 2.75) is 39.7 Å². The van der Waals surface area contributed by atoms with Crippen LogP contribution in [0.2, 0.25) is 0 Å². The Bertz CT molecular complexity index is 282. The van der Waals surface area contributed by atoms with E-state index in [1.165, 1.54) is 5.69 Å². The highest BCUT2D eigenvalue weighted by Crippen LogP contribution is 2.22. The molecule has 0 saturated carbocycles. The van der Waals surface area contributed by atoms with E-state index in [0.29, 0.717) is 12.0 Å². The molecule has 0 bridgehead atoms. The number of aromatic nitrogens is 3. The molecular formula is C11H22N4. The van der Waals surface area contributed by atoms with Crippen LogP contribution in [0.4, 0.5) is 0 Å². The number of nitrogens with one attached hydrogen (secondary N) is 1. The second-order valence-corrected chi connectivity index (χ2v) is 4.10. The summed E-state index contributed by atoms with van der Waals surface area (Å²) in [5, 5.41) is 11.5. The lowest BCUT2D eigenvalue weighted by Gasteiger charge is -2.23. The highest BCUT2D eigenvalue weighted by molar-refractivity contribution is 5.03. The van der Waals surface area contributed by atoms with E-state index in [1.54, 1.807) is 0 Å². The third kappa shape index (κ3) is 3.02. The van der Waals surface area contributed by atoms with Crippen LogP contribution < -0.4 is 5.32 Å². The predicted octanol–water partition coefficient (Wildman–Crippen LogP) is 1.90. The van der Waals surface area contributed by atoms with Gasteiger partial charge in [0.05, 0.1) is 17.9 Å². The molecule has 1 N–H and O–H groups in total. The van der Waals surface area contributed by atoms with Crippen LogP contribution in [0.1, 0.15) is 45.3 Å². The number of hydrogen-bond acceptors (Lipinski definition) is 3. The number of nitrogens with zero attached hydrogens (tertiary/aromatic N) is 3. The first-order valence-corrected chi connectivity index (χ1v) is 5.78. The number of hydrogen-bond donors (Lipinski definition) is 1. The average molecular weight is 210 g/mol. The molecule has 0 radical (unpaired) electrons. The van der Waals surface area contributed by atoms with Gasteiger partial charge in [0.2, 0.25) is 0 Å². The summed E-state index contributed by atoms with van der Waals surface area (Å²) in [6.45, 7) is 7.71. The number of rotatable bonds is 6. The van der Waals surface area contributed by atoms with Crippen molar-refractivity contribution in [3.8, 4) is 0 Å². The van der Waals surface area contributed by atoms with Crippen molar-refractivity contribution in [1.82, 2.24) is 20.3 Å². The first-order chi connectivity index (χ1) is 7.20. The maximum absolute atomic E-state index is 3.99. The lowest BCUT2D eigenvalue weighted by Crippen LogP contribution is -2.29. The van der Waals surface area contributed by atoms with Gasteiger partial charge in [-0.3, -0.25) is 4.68 Å². The predicted molar refractivity (Wildman–Crippen MR) is 61.5 cm³/mol. The first kappa shape index (κ1) is 12.2. The zero-order chi connectivity index (χ0) is 11.3. The molecule has 0 spiro atoms. The standard InChI is InChI=1S/C11H22N4/c1-5-7-12-11(9(3)6-2)10-8-13-14-15(10)4/h8-9,11-12H,5-7H2,1-4H3. The molecule has 0 fully saturated rings. The normalized spacial score (nSPS) is 15.2. The van der Waals surface area contributed by atoms with Crippen molar-refractivity contribution in [3.05, 3.63) is 11.9 Å². The summed E-state index contributed by atoms with van der Waals surface area (Å²) in [7, 11) is 1.95. The van der Waals surface area contributed by atoms with E-state index in [2.05, 4.69) is 36.4 Å². The van der Waals surface area contributed by atoms with Gasteiger partial charge in [-0.15, -0.1) is 5.10 Å². The van der Waals surface area contributed by atoms with Crippen molar-refractivity contribution in [2.24, 2.45) is 13.0 Å². The van der Waals surface area contributed by atoms with E-state index in [0.717, 1.165) is 19.4 Å². The SMILES string of the molecule is CCCNC(c1cnnn1C)C(C)CC. The maximum atomic E-state index is 3.99. The number of aryl methyl sites for hydroxylation is 1. The fourth-order valence-electron chi connectivity index (χ4n) is 1.71. The van der Waals surface area contributed by atoms with Gasteiger partial charge >= 0.3 is 0 Å². The average Bonchev–Trinajstić information content (AvgIpc) is 2.65. The van der Waals surface area contributed by atoms with Crippen LogP contribution in [-0.4, -0.2) is 21.5 Å². The van der Waals surface area contributed by atoms with Crippen LogP contribution >= 0.6 is 0 Å². The Morgan fingerprint density at radius 1 is 1.47 bits per heavy atom. The second kappa shape index (κ2) is 5.85. The maximum Gasteiger partial charge on any atom is 0.0755 e. The van der Waals surface area contributed by atoms with Crippen LogP contribution in [0.15, 0.2) is 6.20 Å². The molecule has 1 heterocycles. The summed E-state index contributed by atoms with van der Waals surface area (Å²) in [5.74, 6) is 0.605. The van der Waals surface area contributed by atoms with E-state index in [-0.39, 0.29) is 0 Å². The minimum atomic E-state index is 0.370. The van der Waals surface area contributed by atoms with E-state index in [1.807, 2.05) is 17.9 Å². The minimum absolute atomic E-state index is 0.370. The Morgan fingerprint density at radius 2 is 2.20 bits per heavy atom. The highest BCUT2D eigenvalue weighted by atomic mass is 15.4. The molecule has 4 heteroatoms. The summed E-state index contributed by atoms with van der Waals surface area (Å²) in [6.07, 6.45) is 4.17. The Kier molecular flexibility index (Phi) is 4.75. The molecule has 1 aromatic rings. The molecule has 0 aliphatic heterocycles. The topological polar surface area (TPSA) is 42.7 Å². The molecule has 0 amide bonds. The third-order valence-electron chi connectivity index (χ3n) is 2.90. The van der Waals surface area contributed by atoms with Crippen LogP contribution in [0.5, 0.6) is 0 Å². The van der Waals surface area contributed by atoms with Gasteiger partial charge in [-0.1, -0.05) is 32.4 Å². The summed E-state index contributed by atoms with van der Waals surface area (Å²) < 4.78 is 1.86. The monoisotopic (exact) mass is 210 g/mol. The molecule has 1 rings (SSSR count). The molecular weight excluding hydrogens is 188 g/mol. The Balaban J connectivity index is 2.76. The highest BCUT2D eigenvalue weighted by Gasteiger charge is 2.20. The molecule has 15 heavy (non-hydrogen) atoms. The summed E-state index contributed by atoms with van der Waals surface area (Å²) in [4.78, 5) is 0. The van der Waals surface area contributed by atoms with Gasteiger partial charge < -0.3 is 5.32 Å². The zero-order valence-electron chi connectivity index (χ0n) is 10.2. The Morgan fingerprint density at radius 3 is 2.67 bits per heavy atom. The summed E-state index contributed by atoms with van der Waals surface area (Å²) in [6, 6.07) is 0.370. The van der Waals surface area contributed by atoms with E-state index in [9.17, 15) is 0 Å². The quantitative estimate of drug-likeness (QED) is 0.780. The van der Waals surface area contributed by atoms with Crippen molar-refractivity contribution < 1.29 is 0 Å². The van der Waals surface area contributed by atoms with Gasteiger partial charge in [0.25, 0.3) is 0 Å². The smallest absolute Gasteiger partial charge is 0.0755 e. The fourth-order valence-corrected chi connectivity index (χ4v) is 1.71. The molecule has 0 aliphatic carbocycles. The van der Waals surface area contributed by atoms with Crippen molar-refractivity contribution in [2.75, 3.05) is 6.54 Å². The Hall–Kier alpha value is -0.900. The van der Waals surface area contributed by atoms with E-state index in [4.69, 9.17) is 0 Å². The lowest BCUT2D eigenvalue weighted by atomic mass is 9.96. The van der Waals surface area contributed by atoms with Gasteiger partial charge in [0.1, 0.15) is 0 Å². The second-order valence-electron chi connectivity index (χ2n) is 4.10. The first-order valence-electron chi connectivity index (χ1n) is 5.78. The van der Waals surface area contributed by atoms with Gasteiger partial charge in [-0.05, 0) is 18.9 Å². The summed E-state index contributed by atoms with van der Waals surface area (Å²) in [5.41, 5.74) is 1.18. The van der Waals surface area contributed by atoms with E-state index < -0.39 is 0 Å². The molecule has 4 nitrogen and oxygen atoms in total. The molecule has 1 aromatic heterocycles. The molecule has 0 saturated heterocycles. The van der Waals surface area contributed by atoms with Gasteiger partial charge in [-0.2, -0.15) is 0 Å². The minimum Gasteiger partial charge on any atom is -0.308 e. The van der Waals surface area contributed by atoms with Crippen LogP contribution in [-0.2, 0) is 7.05 Å². The van der Waals surface area contributed by atoms with Gasteiger partial charge in [0, 0.05) is 7.05 Å². The third-order valence-corrected chi connectivity index (χ3v) is 2.90. The van der Waals surface area contributed by atoms with Crippen molar-refractivity contribution >= 4 is 0 Å². The molecule has 86 valence electrons. The summed E-state index contributed by atoms with van der Waals surface area (Å²) >= 11 is 0.